The topological polar surface area (TPSA) is 34.1 Å². The average Bonchev–Trinajstić information content (AvgIpc) is 2.79. The van der Waals surface area contributed by atoms with Gasteiger partial charge in [0.25, 0.3) is 0 Å². The van der Waals surface area contributed by atoms with Gasteiger partial charge in [-0.15, -0.1) is 0 Å². The van der Waals surface area contributed by atoms with Crippen LogP contribution in [0.25, 0.3) is 22.3 Å². The van der Waals surface area contributed by atoms with Crippen LogP contribution in [0.2, 0.25) is 0 Å². The molecule has 0 fully saturated rings. The molecule has 0 radical (unpaired) electrons. The summed E-state index contributed by atoms with van der Waals surface area (Å²) in [4.78, 5) is 24.3. The molecule has 0 saturated heterocycles. The Balaban J connectivity index is 1.87. The van der Waals surface area contributed by atoms with E-state index in [1.165, 1.54) is 12.1 Å². The minimum absolute atomic E-state index is 0.0366. The molecule has 0 bridgehead atoms. The molecular formula is C26H19F3O2S2. The van der Waals surface area contributed by atoms with Crippen LogP contribution in [0.4, 0.5) is 13.2 Å². The third-order valence-corrected chi connectivity index (χ3v) is 6.52. The summed E-state index contributed by atoms with van der Waals surface area (Å²) < 4.78 is 41.1. The van der Waals surface area contributed by atoms with Gasteiger partial charge in [0.05, 0.1) is 5.56 Å². The lowest BCUT2D eigenvalue weighted by atomic mass is 9.97. The van der Waals surface area contributed by atoms with Crippen LogP contribution >= 0.6 is 23.5 Å². The van der Waals surface area contributed by atoms with E-state index in [-0.39, 0.29) is 15.6 Å². The Bertz CT molecular complexity index is 1210. The molecule has 7 heteroatoms. The summed E-state index contributed by atoms with van der Waals surface area (Å²) in [5.41, 5.74) is 1.82. The highest BCUT2D eigenvalue weighted by Gasteiger charge is 2.34. The van der Waals surface area contributed by atoms with Gasteiger partial charge in [-0.2, -0.15) is 13.2 Å². The maximum atomic E-state index is 13.7. The third kappa shape index (κ3) is 6.27. The lowest BCUT2D eigenvalue weighted by Gasteiger charge is -2.15. The van der Waals surface area contributed by atoms with E-state index in [0.29, 0.717) is 22.9 Å². The van der Waals surface area contributed by atoms with Crippen molar-refractivity contribution in [3.05, 3.63) is 97.1 Å². The predicted molar refractivity (Wildman–Crippen MR) is 129 cm³/mol. The number of carbonyl (C=O) groups excluding carboxylic acids is 2. The molecule has 3 rings (SSSR count). The zero-order valence-corrected chi connectivity index (χ0v) is 19.2. The van der Waals surface area contributed by atoms with E-state index in [9.17, 15) is 22.8 Å². The molecule has 3 aromatic carbocycles. The third-order valence-electron chi connectivity index (χ3n) is 4.62. The zero-order valence-electron chi connectivity index (χ0n) is 17.6. The van der Waals surface area contributed by atoms with E-state index < -0.39 is 16.9 Å². The highest BCUT2D eigenvalue weighted by molar-refractivity contribution is 8.14. The van der Waals surface area contributed by atoms with Crippen LogP contribution in [-0.2, 0) is 15.8 Å². The fraction of sp³-hybridized carbons (Fsp3) is 0.0769. The summed E-state index contributed by atoms with van der Waals surface area (Å²) >= 11 is 1.79. The standard InChI is InChI=1S/C26H19F3O2S2/c1-4-24(30)32-21-13-14-22(23(15-21)26(27,28)29)19-7-5-17(6-8-19)18-9-11-20(12-10-18)33-25(31)16(2)3/h4-15H,1-2H2,3H3. The lowest BCUT2D eigenvalue weighted by molar-refractivity contribution is -0.137. The number of hydrogen-bond donors (Lipinski definition) is 0. The Morgan fingerprint density at radius 3 is 1.85 bits per heavy atom. The quantitative estimate of drug-likeness (QED) is 0.262. The van der Waals surface area contributed by atoms with Crippen molar-refractivity contribution in [1.29, 1.82) is 0 Å². The number of thioether (sulfide) groups is 2. The van der Waals surface area contributed by atoms with Crippen molar-refractivity contribution in [2.45, 2.75) is 22.9 Å². The van der Waals surface area contributed by atoms with Crippen molar-refractivity contribution >= 4 is 33.8 Å². The predicted octanol–water partition coefficient (Wildman–Crippen LogP) is 8.04. The van der Waals surface area contributed by atoms with Gasteiger partial charge in [-0.25, -0.2) is 0 Å². The second-order valence-corrected chi connectivity index (χ2v) is 9.23. The van der Waals surface area contributed by atoms with E-state index >= 15 is 0 Å². The van der Waals surface area contributed by atoms with Crippen molar-refractivity contribution in [2.75, 3.05) is 0 Å². The van der Waals surface area contributed by atoms with Gasteiger partial charge in [0.2, 0.25) is 10.2 Å². The first-order chi connectivity index (χ1) is 15.6. The highest BCUT2D eigenvalue weighted by Crippen LogP contribution is 2.40. The molecule has 3 aromatic rings. The second kappa shape index (κ2) is 10.3. The summed E-state index contributed by atoms with van der Waals surface area (Å²) in [7, 11) is 0. The smallest absolute Gasteiger partial charge is 0.282 e. The van der Waals surface area contributed by atoms with E-state index in [4.69, 9.17) is 0 Å². The number of halogens is 3. The molecule has 0 aromatic heterocycles. The summed E-state index contributed by atoms with van der Waals surface area (Å²) in [5.74, 6) is 0. The van der Waals surface area contributed by atoms with Gasteiger partial charge < -0.3 is 0 Å². The minimum Gasteiger partial charge on any atom is -0.282 e. The largest absolute Gasteiger partial charge is 0.417 e. The Labute approximate surface area is 198 Å². The number of alkyl halides is 3. The SMILES string of the molecule is C=CC(=O)Sc1ccc(-c2ccc(-c3ccc(SC(=O)C(=C)C)cc3)cc2)c(C(F)(F)F)c1. The van der Waals surface area contributed by atoms with Gasteiger partial charge in [0, 0.05) is 9.79 Å². The molecule has 0 saturated carbocycles. The molecule has 168 valence electrons. The molecular weight excluding hydrogens is 465 g/mol. The molecule has 0 unspecified atom stereocenters. The van der Waals surface area contributed by atoms with Crippen molar-refractivity contribution < 1.29 is 22.8 Å². The van der Waals surface area contributed by atoms with Crippen molar-refractivity contribution in [3.63, 3.8) is 0 Å². The van der Waals surface area contributed by atoms with Crippen LogP contribution < -0.4 is 0 Å². The van der Waals surface area contributed by atoms with Gasteiger partial charge in [0.1, 0.15) is 0 Å². The van der Waals surface area contributed by atoms with Crippen molar-refractivity contribution in [2.24, 2.45) is 0 Å². The molecule has 0 amide bonds. The Morgan fingerprint density at radius 1 is 0.818 bits per heavy atom. The maximum Gasteiger partial charge on any atom is 0.417 e. The molecule has 0 atom stereocenters. The van der Waals surface area contributed by atoms with Crippen molar-refractivity contribution in [1.82, 2.24) is 0 Å². The normalized spacial score (nSPS) is 11.2. The molecule has 33 heavy (non-hydrogen) atoms. The van der Waals surface area contributed by atoms with Crippen LogP contribution in [0, 0.1) is 0 Å². The van der Waals surface area contributed by atoms with Crippen LogP contribution in [0.1, 0.15) is 12.5 Å². The summed E-state index contributed by atoms with van der Waals surface area (Å²) in [6, 6.07) is 18.0. The first-order valence-electron chi connectivity index (χ1n) is 9.72. The van der Waals surface area contributed by atoms with Crippen LogP contribution in [0.5, 0.6) is 0 Å². The first kappa shape index (κ1) is 24.6. The molecule has 0 heterocycles. The monoisotopic (exact) mass is 484 g/mol. The second-order valence-electron chi connectivity index (χ2n) is 7.10. The number of hydrogen-bond acceptors (Lipinski definition) is 4. The Kier molecular flexibility index (Phi) is 7.66. The van der Waals surface area contributed by atoms with Crippen molar-refractivity contribution in [3.8, 4) is 22.3 Å². The first-order valence-corrected chi connectivity index (χ1v) is 11.4. The van der Waals surface area contributed by atoms with E-state index in [0.717, 1.165) is 39.9 Å². The Hall–Kier alpha value is -3.03. The summed E-state index contributed by atoms with van der Waals surface area (Å²) in [5, 5.41) is -0.528. The van der Waals surface area contributed by atoms with Crippen LogP contribution in [-0.4, -0.2) is 10.2 Å². The van der Waals surface area contributed by atoms with Gasteiger partial charge >= 0.3 is 6.18 Å². The number of carbonyl (C=O) groups is 2. The zero-order chi connectivity index (χ0) is 24.2. The Morgan fingerprint density at radius 2 is 1.33 bits per heavy atom. The lowest BCUT2D eigenvalue weighted by Crippen LogP contribution is -2.07. The molecule has 0 spiro atoms. The van der Waals surface area contributed by atoms with Gasteiger partial charge in [-0.1, -0.05) is 55.6 Å². The average molecular weight is 485 g/mol. The highest BCUT2D eigenvalue weighted by atomic mass is 32.2. The maximum absolute atomic E-state index is 13.7. The summed E-state index contributed by atoms with van der Waals surface area (Å²) in [6.45, 7) is 8.62. The molecule has 0 N–H and O–H groups in total. The van der Waals surface area contributed by atoms with Gasteiger partial charge in [-0.05, 0) is 88.6 Å². The van der Waals surface area contributed by atoms with Crippen LogP contribution in [0.3, 0.4) is 0 Å². The summed E-state index contributed by atoms with van der Waals surface area (Å²) in [6.07, 6.45) is -3.51. The van der Waals surface area contributed by atoms with E-state index in [1.807, 2.05) is 24.3 Å². The molecule has 0 aliphatic heterocycles. The minimum atomic E-state index is -4.57. The van der Waals surface area contributed by atoms with Crippen LogP contribution in [0.15, 0.2) is 101 Å². The molecule has 0 aliphatic carbocycles. The fourth-order valence-corrected chi connectivity index (χ4v) is 4.27. The van der Waals surface area contributed by atoms with Gasteiger partial charge in [0.15, 0.2) is 0 Å². The number of benzene rings is 3. The molecule has 0 aliphatic rings. The van der Waals surface area contributed by atoms with E-state index in [2.05, 4.69) is 13.2 Å². The molecule has 2 nitrogen and oxygen atoms in total. The fourth-order valence-electron chi connectivity index (χ4n) is 2.98. The van der Waals surface area contributed by atoms with Gasteiger partial charge in [-0.3, -0.25) is 9.59 Å². The van der Waals surface area contributed by atoms with E-state index in [1.54, 1.807) is 31.2 Å². The number of rotatable bonds is 6.